The number of hydrogen-bond acceptors (Lipinski definition) is 4. The van der Waals surface area contributed by atoms with Crippen molar-refractivity contribution in [3.8, 4) is 0 Å². The van der Waals surface area contributed by atoms with Gasteiger partial charge in [-0.15, -0.1) is 11.8 Å². The Morgan fingerprint density at radius 3 is 2.67 bits per heavy atom. The molecule has 120 valence electrons. The monoisotopic (exact) mass is 329 g/mol. The zero-order valence-electron chi connectivity index (χ0n) is 13.3. The lowest BCUT2D eigenvalue weighted by Crippen LogP contribution is -2.18. The molecule has 0 aliphatic heterocycles. The van der Waals surface area contributed by atoms with Gasteiger partial charge in [0.15, 0.2) is 9.84 Å². The molecule has 1 aromatic rings. The molecule has 3 nitrogen and oxygen atoms in total. The van der Waals surface area contributed by atoms with E-state index in [9.17, 15) is 8.42 Å². The molecule has 0 spiro atoms. The minimum absolute atomic E-state index is 0.265. The predicted molar refractivity (Wildman–Crippen MR) is 92.7 cm³/mol. The van der Waals surface area contributed by atoms with Crippen LogP contribution >= 0.6 is 11.8 Å². The van der Waals surface area contributed by atoms with E-state index in [1.807, 2.05) is 19.1 Å². The highest BCUT2D eigenvalue weighted by atomic mass is 32.2. The molecule has 0 bridgehead atoms. The summed E-state index contributed by atoms with van der Waals surface area (Å²) in [5, 5.41) is 3.42. The van der Waals surface area contributed by atoms with Crippen LogP contribution in [0.1, 0.15) is 32.8 Å². The first kappa shape index (κ1) is 18.5. The Morgan fingerprint density at radius 1 is 1.24 bits per heavy atom. The quantitative estimate of drug-likeness (QED) is 0.669. The van der Waals surface area contributed by atoms with Crippen molar-refractivity contribution in [1.82, 2.24) is 5.32 Å². The van der Waals surface area contributed by atoms with Crippen LogP contribution in [-0.2, 0) is 16.4 Å². The van der Waals surface area contributed by atoms with E-state index in [1.54, 1.807) is 11.8 Å². The summed E-state index contributed by atoms with van der Waals surface area (Å²) in [6.45, 7) is 8.15. The molecule has 0 saturated heterocycles. The Balaban J connectivity index is 2.42. The van der Waals surface area contributed by atoms with Crippen LogP contribution in [0.25, 0.3) is 0 Å². The SMILES string of the molecule is CCCS(=O)(=O)CCSc1cccc(CNCC(C)C)c1. The normalized spacial score (nSPS) is 12.0. The number of nitrogens with one attached hydrogen (secondary N) is 1. The van der Waals surface area contributed by atoms with Crippen molar-refractivity contribution in [2.24, 2.45) is 5.92 Å². The molecule has 0 unspecified atom stereocenters. The third-order valence-electron chi connectivity index (χ3n) is 2.96. The molecule has 0 aliphatic carbocycles. The van der Waals surface area contributed by atoms with Gasteiger partial charge in [-0.1, -0.05) is 32.9 Å². The van der Waals surface area contributed by atoms with Gasteiger partial charge in [-0.05, 0) is 36.6 Å². The molecule has 0 fully saturated rings. The Labute approximate surface area is 133 Å². The van der Waals surface area contributed by atoms with E-state index < -0.39 is 9.84 Å². The van der Waals surface area contributed by atoms with Gasteiger partial charge in [0.25, 0.3) is 0 Å². The van der Waals surface area contributed by atoms with E-state index in [4.69, 9.17) is 0 Å². The molecule has 0 heterocycles. The maximum absolute atomic E-state index is 11.7. The third kappa shape index (κ3) is 8.49. The van der Waals surface area contributed by atoms with Crippen LogP contribution in [0.4, 0.5) is 0 Å². The lowest BCUT2D eigenvalue weighted by Gasteiger charge is -2.09. The molecule has 1 aromatic carbocycles. The average Bonchev–Trinajstić information content (AvgIpc) is 2.38. The topological polar surface area (TPSA) is 46.2 Å². The van der Waals surface area contributed by atoms with Crippen LogP contribution in [0.3, 0.4) is 0 Å². The van der Waals surface area contributed by atoms with Crippen molar-refractivity contribution in [3.63, 3.8) is 0 Å². The number of rotatable bonds is 10. The van der Waals surface area contributed by atoms with Crippen molar-refractivity contribution in [1.29, 1.82) is 0 Å². The molecule has 21 heavy (non-hydrogen) atoms. The lowest BCUT2D eigenvalue weighted by atomic mass is 10.2. The fourth-order valence-corrected chi connectivity index (χ4v) is 4.77. The molecule has 0 aromatic heterocycles. The van der Waals surface area contributed by atoms with Crippen LogP contribution in [0.5, 0.6) is 0 Å². The minimum atomic E-state index is -2.87. The fourth-order valence-electron chi connectivity index (χ4n) is 1.95. The van der Waals surface area contributed by atoms with Crippen molar-refractivity contribution >= 4 is 21.6 Å². The number of thioether (sulfide) groups is 1. The second kappa shape index (κ2) is 9.49. The molecule has 0 radical (unpaired) electrons. The summed E-state index contributed by atoms with van der Waals surface area (Å²) in [5.41, 5.74) is 1.25. The van der Waals surface area contributed by atoms with Crippen molar-refractivity contribution in [3.05, 3.63) is 29.8 Å². The molecule has 0 aliphatic rings. The highest BCUT2D eigenvalue weighted by Crippen LogP contribution is 2.19. The summed E-state index contributed by atoms with van der Waals surface area (Å²) in [4.78, 5) is 1.14. The molecular weight excluding hydrogens is 302 g/mol. The maximum atomic E-state index is 11.7. The Bertz CT molecular complexity index is 513. The van der Waals surface area contributed by atoms with Crippen LogP contribution < -0.4 is 5.32 Å². The van der Waals surface area contributed by atoms with Gasteiger partial charge < -0.3 is 5.32 Å². The summed E-state index contributed by atoms with van der Waals surface area (Å²) in [7, 11) is -2.87. The summed E-state index contributed by atoms with van der Waals surface area (Å²) in [6, 6.07) is 8.33. The van der Waals surface area contributed by atoms with Crippen LogP contribution in [0.15, 0.2) is 29.2 Å². The maximum Gasteiger partial charge on any atom is 0.151 e. The lowest BCUT2D eigenvalue weighted by molar-refractivity contribution is 0.552. The average molecular weight is 330 g/mol. The smallest absolute Gasteiger partial charge is 0.151 e. The first-order chi connectivity index (χ1) is 9.93. The standard InChI is InChI=1S/C16H27NO2S2/c1-4-9-21(18,19)10-8-20-16-7-5-6-15(11-16)13-17-12-14(2)3/h5-7,11,14,17H,4,8-10,12-13H2,1-3H3. The molecule has 0 saturated carbocycles. The molecule has 5 heteroatoms. The fraction of sp³-hybridized carbons (Fsp3) is 0.625. The van der Waals surface area contributed by atoms with Gasteiger partial charge in [0, 0.05) is 22.9 Å². The molecular formula is C16H27NO2S2. The number of sulfone groups is 1. The van der Waals surface area contributed by atoms with Gasteiger partial charge in [-0.3, -0.25) is 0 Å². The van der Waals surface area contributed by atoms with Gasteiger partial charge in [0.2, 0.25) is 0 Å². The third-order valence-corrected chi connectivity index (χ3v) is 6.07. The van der Waals surface area contributed by atoms with Crippen LogP contribution in [0, 0.1) is 5.92 Å². The van der Waals surface area contributed by atoms with Crippen LogP contribution in [-0.4, -0.2) is 32.2 Å². The van der Waals surface area contributed by atoms with Gasteiger partial charge in [0.1, 0.15) is 0 Å². The molecule has 0 amide bonds. The predicted octanol–water partition coefficient (Wildman–Crippen LogP) is 3.35. The first-order valence-electron chi connectivity index (χ1n) is 7.56. The largest absolute Gasteiger partial charge is 0.312 e. The van der Waals surface area contributed by atoms with Gasteiger partial charge in [-0.2, -0.15) is 0 Å². The zero-order chi connectivity index (χ0) is 15.7. The summed E-state index contributed by atoms with van der Waals surface area (Å²) < 4.78 is 23.3. The van der Waals surface area contributed by atoms with E-state index in [-0.39, 0.29) is 5.75 Å². The summed E-state index contributed by atoms with van der Waals surface area (Å²) >= 11 is 1.62. The van der Waals surface area contributed by atoms with Gasteiger partial charge >= 0.3 is 0 Å². The number of benzene rings is 1. The van der Waals surface area contributed by atoms with E-state index in [1.165, 1.54) is 5.56 Å². The van der Waals surface area contributed by atoms with Gasteiger partial charge in [0.05, 0.1) is 5.75 Å². The van der Waals surface area contributed by atoms with Crippen molar-refractivity contribution in [2.45, 2.75) is 38.6 Å². The first-order valence-corrected chi connectivity index (χ1v) is 10.4. The molecule has 1 rings (SSSR count). The highest BCUT2D eigenvalue weighted by molar-refractivity contribution is 8.00. The van der Waals surface area contributed by atoms with Crippen molar-refractivity contribution < 1.29 is 8.42 Å². The molecule has 1 N–H and O–H groups in total. The molecule has 0 atom stereocenters. The summed E-state index contributed by atoms with van der Waals surface area (Å²) in [5.74, 6) is 1.84. The van der Waals surface area contributed by atoms with E-state index in [2.05, 4.69) is 31.3 Å². The van der Waals surface area contributed by atoms with Gasteiger partial charge in [-0.25, -0.2) is 8.42 Å². The van der Waals surface area contributed by atoms with E-state index in [0.29, 0.717) is 23.8 Å². The Hall–Kier alpha value is -0.520. The zero-order valence-corrected chi connectivity index (χ0v) is 14.9. The summed E-state index contributed by atoms with van der Waals surface area (Å²) in [6.07, 6.45) is 0.698. The minimum Gasteiger partial charge on any atom is -0.312 e. The highest BCUT2D eigenvalue weighted by Gasteiger charge is 2.09. The Kier molecular flexibility index (Phi) is 8.37. The van der Waals surface area contributed by atoms with E-state index in [0.717, 1.165) is 18.0 Å². The van der Waals surface area contributed by atoms with Crippen molar-refractivity contribution in [2.75, 3.05) is 23.8 Å². The van der Waals surface area contributed by atoms with E-state index >= 15 is 0 Å². The number of hydrogen-bond donors (Lipinski definition) is 1. The second-order valence-electron chi connectivity index (χ2n) is 5.67. The Morgan fingerprint density at radius 2 is 2.00 bits per heavy atom. The second-order valence-corrected chi connectivity index (χ2v) is 9.14. The van der Waals surface area contributed by atoms with Crippen LogP contribution in [0.2, 0.25) is 0 Å².